The van der Waals surface area contributed by atoms with Gasteiger partial charge in [0.15, 0.2) is 6.61 Å². The molecule has 0 saturated heterocycles. The average molecular weight is 327 g/mol. The number of benzene rings is 1. The van der Waals surface area contributed by atoms with E-state index in [2.05, 4.69) is 5.32 Å². The lowest BCUT2D eigenvalue weighted by Gasteiger charge is -2.09. The summed E-state index contributed by atoms with van der Waals surface area (Å²) in [6.07, 6.45) is 0.715. The van der Waals surface area contributed by atoms with Crippen molar-refractivity contribution in [2.75, 3.05) is 13.2 Å². The van der Waals surface area contributed by atoms with Crippen LogP contribution in [-0.4, -0.2) is 25.1 Å². The highest BCUT2D eigenvalue weighted by Crippen LogP contribution is 2.19. The van der Waals surface area contributed by atoms with Gasteiger partial charge in [-0.1, -0.05) is 0 Å². The van der Waals surface area contributed by atoms with Crippen LogP contribution in [0.4, 0.5) is 0 Å². The smallest absolute Gasteiger partial charge is 0.336 e. The zero-order valence-corrected chi connectivity index (χ0v) is 13.0. The second-order valence-corrected chi connectivity index (χ2v) is 4.86. The van der Waals surface area contributed by atoms with Crippen molar-refractivity contribution in [3.05, 3.63) is 40.8 Å². The molecule has 0 aliphatic heterocycles. The van der Waals surface area contributed by atoms with Gasteiger partial charge in [-0.2, -0.15) is 0 Å². The molecule has 1 aromatic carbocycles. The number of amides is 1. The third-order valence-electron chi connectivity index (χ3n) is 2.89. The summed E-state index contributed by atoms with van der Waals surface area (Å²) in [7, 11) is 0. The van der Waals surface area contributed by atoms with Gasteiger partial charge in [-0.25, -0.2) is 4.79 Å². The van der Waals surface area contributed by atoms with Crippen molar-refractivity contribution >= 4 is 29.3 Å². The van der Waals surface area contributed by atoms with Gasteiger partial charge in [-0.05, 0) is 31.5 Å². The fraction of sp³-hybridized carbons (Fsp3) is 0.333. The molecule has 1 unspecified atom stereocenters. The van der Waals surface area contributed by atoms with Crippen LogP contribution in [0.3, 0.4) is 0 Å². The maximum Gasteiger partial charge on any atom is 0.336 e. The fourth-order valence-electron chi connectivity index (χ4n) is 1.77. The van der Waals surface area contributed by atoms with Crippen molar-refractivity contribution in [1.29, 1.82) is 0 Å². The SMILES string of the molecule is CC(N)CCNC(=O)COc1ccc2ccc(=O)oc2c1.Cl. The summed E-state index contributed by atoms with van der Waals surface area (Å²) < 4.78 is 10.4. The predicted octanol–water partition coefficient (Wildman–Crippen LogP) is 1.45. The molecule has 3 N–H and O–H groups in total. The third-order valence-corrected chi connectivity index (χ3v) is 2.89. The number of nitrogens with two attached hydrogens (primary N) is 1. The van der Waals surface area contributed by atoms with Crippen LogP contribution in [0.15, 0.2) is 39.5 Å². The largest absolute Gasteiger partial charge is 0.484 e. The van der Waals surface area contributed by atoms with Crippen LogP contribution in [0.25, 0.3) is 11.0 Å². The Morgan fingerprint density at radius 1 is 1.36 bits per heavy atom. The van der Waals surface area contributed by atoms with Crippen LogP contribution in [0, 0.1) is 0 Å². The Balaban J connectivity index is 0.00000242. The monoisotopic (exact) mass is 326 g/mol. The molecule has 1 atom stereocenters. The second-order valence-electron chi connectivity index (χ2n) is 4.86. The van der Waals surface area contributed by atoms with E-state index < -0.39 is 5.63 Å². The van der Waals surface area contributed by atoms with E-state index in [0.29, 0.717) is 24.3 Å². The molecule has 2 aromatic rings. The van der Waals surface area contributed by atoms with Crippen LogP contribution >= 0.6 is 12.4 Å². The topological polar surface area (TPSA) is 94.6 Å². The van der Waals surface area contributed by atoms with Gasteiger partial charge in [0.05, 0.1) is 0 Å². The molecule has 1 aromatic heterocycles. The average Bonchev–Trinajstić information content (AvgIpc) is 2.44. The van der Waals surface area contributed by atoms with E-state index in [1.165, 1.54) is 6.07 Å². The van der Waals surface area contributed by atoms with Gasteiger partial charge in [0.1, 0.15) is 11.3 Å². The molecule has 0 aliphatic carbocycles. The molecule has 2 rings (SSSR count). The molecule has 1 amide bonds. The van der Waals surface area contributed by atoms with E-state index in [0.717, 1.165) is 5.39 Å². The Morgan fingerprint density at radius 2 is 2.09 bits per heavy atom. The Morgan fingerprint density at radius 3 is 2.82 bits per heavy atom. The number of carbonyl (C=O) groups is 1. The molecule has 0 aliphatic rings. The van der Waals surface area contributed by atoms with Crippen molar-refractivity contribution in [3.63, 3.8) is 0 Å². The number of ether oxygens (including phenoxy) is 1. The lowest BCUT2D eigenvalue weighted by Crippen LogP contribution is -2.32. The number of rotatable bonds is 6. The number of hydrogen-bond acceptors (Lipinski definition) is 5. The van der Waals surface area contributed by atoms with Gasteiger partial charge in [0.25, 0.3) is 5.91 Å². The van der Waals surface area contributed by atoms with Crippen LogP contribution in [0.2, 0.25) is 0 Å². The molecule has 0 fully saturated rings. The van der Waals surface area contributed by atoms with E-state index in [1.54, 1.807) is 24.3 Å². The van der Waals surface area contributed by atoms with Crippen LogP contribution in [0.5, 0.6) is 5.75 Å². The first kappa shape index (κ1) is 18.0. The Kier molecular flexibility index (Phi) is 6.88. The highest BCUT2D eigenvalue weighted by molar-refractivity contribution is 5.85. The quantitative estimate of drug-likeness (QED) is 0.783. The number of hydrogen-bond donors (Lipinski definition) is 2. The number of carbonyl (C=O) groups excluding carboxylic acids is 1. The molecule has 0 bridgehead atoms. The van der Waals surface area contributed by atoms with Gasteiger partial charge in [-0.15, -0.1) is 12.4 Å². The maximum absolute atomic E-state index is 11.6. The molecular formula is C15H19ClN2O4. The maximum atomic E-state index is 11.6. The molecule has 7 heteroatoms. The van der Waals surface area contributed by atoms with E-state index >= 15 is 0 Å². The van der Waals surface area contributed by atoms with Crippen molar-refractivity contribution in [2.45, 2.75) is 19.4 Å². The number of halogens is 1. The molecule has 0 saturated carbocycles. The van der Waals surface area contributed by atoms with Crippen LogP contribution in [0.1, 0.15) is 13.3 Å². The molecule has 6 nitrogen and oxygen atoms in total. The fourth-order valence-corrected chi connectivity index (χ4v) is 1.77. The van der Waals surface area contributed by atoms with E-state index in [1.807, 2.05) is 6.92 Å². The Labute approximate surface area is 134 Å². The van der Waals surface area contributed by atoms with Crippen molar-refractivity contribution in [3.8, 4) is 5.75 Å². The van der Waals surface area contributed by atoms with Gasteiger partial charge < -0.3 is 20.2 Å². The van der Waals surface area contributed by atoms with Crippen LogP contribution < -0.4 is 21.4 Å². The van der Waals surface area contributed by atoms with Crippen molar-refractivity contribution in [2.24, 2.45) is 5.73 Å². The van der Waals surface area contributed by atoms with Crippen molar-refractivity contribution < 1.29 is 13.9 Å². The highest BCUT2D eigenvalue weighted by atomic mass is 35.5. The second kappa shape index (κ2) is 8.41. The Bertz CT molecular complexity index is 685. The first-order valence-electron chi connectivity index (χ1n) is 6.73. The number of nitrogens with one attached hydrogen (secondary N) is 1. The van der Waals surface area contributed by atoms with E-state index in [9.17, 15) is 9.59 Å². The summed E-state index contributed by atoms with van der Waals surface area (Å²) in [6.45, 7) is 2.31. The van der Waals surface area contributed by atoms with E-state index in [4.69, 9.17) is 14.9 Å². The molecular weight excluding hydrogens is 308 g/mol. The summed E-state index contributed by atoms with van der Waals surface area (Å²) in [4.78, 5) is 22.7. The highest BCUT2D eigenvalue weighted by Gasteiger charge is 2.05. The zero-order chi connectivity index (χ0) is 15.2. The molecule has 22 heavy (non-hydrogen) atoms. The minimum atomic E-state index is -0.423. The molecule has 0 spiro atoms. The number of fused-ring (bicyclic) bond motifs is 1. The first-order chi connectivity index (χ1) is 10.0. The third kappa shape index (κ3) is 5.38. The first-order valence-corrected chi connectivity index (χ1v) is 6.73. The summed E-state index contributed by atoms with van der Waals surface area (Å²) in [6, 6.07) is 8.15. The molecule has 120 valence electrons. The standard InChI is InChI=1S/C15H18N2O4.ClH/c1-10(16)6-7-17-14(18)9-20-12-4-2-11-3-5-15(19)21-13(11)8-12;/h2-5,8,10H,6-7,9,16H2,1H3,(H,17,18);1H. The predicted molar refractivity (Wildman–Crippen MR) is 86.5 cm³/mol. The van der Waals surface area contributed by atoms with E-state index in [-0.39, 0.29) is 31.0 Å². The summed E-state index contributed by atoms with van der Waals surface area (Å²) in [5.41, 5.74) is 5.60. The van der Waals surface area contributed by atoms with Crippen molar-refractivity contribution in [1.82, 2.24) is 5.32 Å². The van der Waals surface area contributed by atoms with Gasteiger partial charge >= 0.3 is 5.63 Å². The van der Waals surface area contributed by atoms with Gasteiger partial charge in [0, 0.05) is 30.1 Å². The minimum Gasteiger partial charge on any atom is -0.484 e. The van der Waals surface area contributed by atoms with Gasteiger partial charge in [0.2, 0.25) is 0 Å². The van der Waals surface area contributed by atoms with Crippen LogP contribution in [-0.2, 0) is 4.79 Å². The summed E-state index contributed by atoms with van der Waals surface area (Å²) in [5.74, 6) is 0.254. The molecule has 0 radical (unpaired) electrons. The normalized spacial score (nSPS) is 11.5. The zero-order valence-electron chi connectivity index (χ0n) is 12.2. The Hall–Kier alpha value is -2.05. The lowest BCUT2D eigenvalue weighted by molar-refractivity contribution is -0.123. The summed E-state index contributed by atoms with van der Waals surface area (Å²) in [5, 5.41) is 3.51. The molecule has 1 heterocycles. The van der Waals surface area contributed by atoms with Gasteiger partial charge in [-0.3, -0.25) is 4.79 Å². The summed E-state index contributed by atoms with van der Waals surface area (Å²) >= 11 is 0. The minimum absolute atomic E-state index is 0. The lowest BCUT2D eigenvalue weighted by atomic mass is 10.2.